The normalized spacial score (nSPS) is 24.7. The molecule has 2 saturated heterocycles. The van der Waals surface area contributed by atoms with Crippen molar-refractivity contribution in [3.05, 3.63) is 29.8 Å². The monoisotopic (exact) mass is 304 g/mol. The van der Waals surface area contributed by atoms with Crippen LogP contribution in [0.15, 0.2) is 24.3 Å². The maximum absolute atomic E-state index is 9.81. The highest BCUT2D eigenvalue weighted by Gasteiger charge is 2.46. The van der Waals surface area contributed by atoms with Crippen molar-refractivity contribution in [2.24, 2.45) is 11.3 Å². The Morgan fingerprint density at radius 2 is 2.18 bits per heavy atom. The van der Waals surface area contributed by atoms with E-state index in [9.17, 15) is 5.11 Å². The van der Waals surface area contributed by atoms with Crippen molar-refractivity contribution in [3.63, 3.8) is 0 Å². The summed E-state index contributed by atoms with van der Waals surface area (Å²) in [6.45, 7) is 8.28. The van der Waals surface area contributed by atoms with E-state index in [0.717, 1.165) is 38.5 Å². The van der Waals surface area contributed by atoms with Crippen molar-refractivity contribution in [3.8, 4) is 5.75 Å². The van der Waals surface area contributed by atoms with Crippen LogP contribution in [0.4, 0.5) is 0 Å². The molecule has 1 unspecified atom stereocenters. The predicted octanol–water partition coefficient (Wildman–Crippen LogP) is 1.88. The third-order valence-corrected chi connectivity index (χ3v) is 5.32. The standard InChI is InChI=1S/C18H28N2O2/c1-2-22-17-5-3-4-15(10-17)11-20-12-16(13-21)18(14-20)6-8-19-9-7-18/h3-5,10,16,19,21H,2,6-9,11-14H2,1H3. The van der Waals surface area contributed by atoms with Crippen LogP contribution in [0, 0.1) is 11.3 Å². The van der Waals surface area contributed by atoms with Gasteiger partial charge in [-0.15, -0.1) is 0 Å². The molecule has 2 heterocycles. The van der Waals surface area contributed by atoms with Crippen LogP contribution in [-0.2, 0) is 6.54 Å². The summed E-state index contributed by atoms with van der Waals surface area (Å²) in [6.07, 6.45) is 2.38. The fourth-order valence-electron chi connectivity index (χ4n) is 4.17. The summed E-state index contributed by atoms with van der Waals surface area (Å²) in [6, 6.07) is 8.40. The first kappa shape index (κ1) is 15.8. The molecule has 0 amide bonds. The molecule has 1 aromatic rings. The summed E-state index contributed by atoms with van der Waals surface area (Å²) >= 11 is 0. The number of aliphatic hydroxyl groups is 1. The van der Waals surface area contributed by atoms with E-state index in [1.807, 2.05) is 13.0 Å². The zero-order valence-electron chi connectivity index (χ0n) is 13.6. The minimum Gasteiger partial charge on any atom is -0.494 e. The van der Waals surface area contributed by atoms with Gasteiger partial charge in [-0.25, -0.2) is 0 Å². The third-order valence-electron chi connectivity index (χ3n) is 5.32. The second-order valence-electron chi connectivity index (χ2n) is 6.74. The van der Waals surface area contributed by atoms with Crippen molar-refractivity contribution in [1.29, 1.82) is 0 Å². The quantitative estimate of drug-likeness (QED) is 0.872. The van der Waals surface area contributed by atoms with Crippen LogP contribution in [0.2, 0.25) is 0 Å². The van der Waals surface area contributed by atoms with E-state index in [1.54, 1.807) is 0 Å². The first-order chi connectivity index (χ1) is 10.8. The SMILES string of the molecule is CCOc1cccc(CN2CC(CO)C3(CCNCC3)C2)c1. The Morgan fingerprint density at radius 3 is 2.91 bits per heavy atom. The van der Waals surface area contributed by atoms with E-state index >= 15 is 0 Å². The van der Waals surface area contributed by atoms with Crippen LogP contribution in [0.5, 0.6) is 5.75 Å². The first-order valence-electron chi connectivity index (χ1n) is 8.51. The molecule has 4 heteroatoms. The summed E-state index contributed by atoms with van der Waals surface area (Å²) in [7, 11) is 0. The van der Waals surface area contributed by atoms with Crippen molar-refractivity contribution < 1.29 is 9.84 Å². The fraction of sp³-hybridized carbons (Fsp3) is 0.667. The Labute approximate surface area is 133 Å². The molecular weight excluding hydrogens is 276 g/mol. The zero-order chi connectivity index (χ0) is 15.4. The highest BCUT2D eigenvalue weighted by Crippen LogP contribution is 2.43. The lowest BCUT2D eigenvalue weighted by atomic mass is 9.71. The number of ether oxygens (including phenoxy) is 1. The molecule has 0 bridgehead atoms. The molecule has 22 heavy (non-hydrogen) atoms. The Hall–Kier alpha value is -1.10. The van der Waals surface area contributed by atoms with Crippen molar-refractivity contribution in [2.75, 3.05) is 39.4 Å². The van der Waals surface area contributed by atoms with Gasteiger partial charge in [0.05, 0.1) is 6.61 Å². The van der Waals surface area contributed by atoms with Crippen LogP contribution in [-0.4, -0.2) is 49.4 Å². The number of nitrogens with zero attached hydrogens (tertiary/aromatic N) is 1. The second kappa shape index (κ2) is 6.99. The number of likely N-dealkylation sites (tertiary alicyclic amines) is 1. The number of nitrogens with one attached hydrogen (secondary N) is 1. The molecule has 2 aliphatic heterocycles. The van der Waals surface area contributed by atoms with E-state index in [4.69, 9.17) is 4.74 Å². The lowest BCUT2D eigenvalue weighted by molar-refractivity contribution is 0.0984. The van der Waals surface area contributed by atoms with Gasteiger partial charge in [0.15, 0.2) is 0 Å². The lowest BCUT2D eigenvalue weighted by Crippen LogP contribution is -2.42. The van der Waals surface area contributed by atoms with Gasteiger partial charge >= 0.3 is 0 Å². The number of hydrogen-bond donors (Lipinski definition) is 2. The van der Waals surface area contributed by atoms with E-state index in [-0.39, 0.29) is 0 Å². The largest absolute Gasteiger partial charge is 0.494 e. The molecule has 1 atom stereocenters. The molecule has 122 valence electrons. The molecule has 3 rings (SSSR count). The van der Waals surface area contributed by atoms with E-state index in [1.165, 1.54) is 18.4 Å². The molecule has 2 N–H and O–H groups in total. The van der Waals surface area contributed by atoms with Crippen LogP contribution in [0.1, 0.15) is 25.3 Å². The number of piperidine rings is 1. The van der Waals surface area contributed by atoms with E-state index in [2.05, 4.69) is 28.4 Å². The summed E-state index contributed by atoms with van der Waals surface area (Å²) in [5.41, 5.74) is 1.62. The van der Waals surface area contributed by atoms with Crippen LogP contribution >= 0.6 is 0 Å². The molecule has 2 aliphatic rings. The average Bonchev–Trinajstić information content (AvgIpc) is 2.85. The Balaban J connectivity index is 1.67. The van der Waals surface area contributed by atoms with E-state index < -0.39 is 0 Å². The predicted molar refractivity (Wildman–Crippen MR) is 88.0 cm³/mol. The van der Waals surface area contributed by atoms with Gasteiger partial charge in [0.1, 0.15) is 5.75 Å². The number of benzene rings is 1. The van der Waals surface area contributed by atoms with Crippen molar-refractivity contribution in [2.45, 2.75) is 26.3 Å². The summed E-state index contributed by atoms with van der Waals surface area (Å²) in [5.74, 6) is 1.37. The Kier molecular flexibility index (Phi) is 5.01. The van der Waals surface area contributed by atoms with Crippen LogP contribution in [0.3, 0.4) is 0 Å². The van der Waals surface area contributed by atoms with E-state index in [0.29, 0.717) is 24.5 Å². The molecule has 1 spiro atoms. The highest BCUT2D eigenvalue weighted by molar-refractivity contribution is 5.28. The first-order valence-corrected chi connectivity index (χ1v) is 8.51. The number of rotatable bonds is 5. The van der Waals surface area contributed by atoms with Gasteiger partial charge in [-0.3, -0.25) is 4.90 Å². The molecule has 1 aromatic carbocycles. The van der Waals surface area contributed by atoms with Gasteiger partial charge in [-0.1, -0.05) is 12.1 Å². The molecular formula is C18H28N2O2. The Bertz CT molecular complexity index is 486. The number of aliphatic hydroxyl groups excluding tert-OH is 1. The zero-order valence-corrected chi connectivity index (χ0v) is 13.6. The van der Waals surface area contributed by atoms with Gasteiger partial charge in [-0.2, -0.15) is 0 Å². The lowest BCUT2D eigenvalue weighted by Gasteiger charge is -2.38. The fourth-order valence-corrected chi connectivity index (χ4v) is 4.17. The number of hydrogen-bond acceptors (Lipinski definition) is 4. The molecule has 0 radical (unpaired) electrons. The third kappa shape index (κ3) is 3.29. The minimum absolute atomic E-state index is 0.315. The van der Waals surface area contributed by atoms with Crippen LogP contribution in [0.25, 0.3) is 0 Å². The average molecular weight is 304 g/mol. The molecule has 0 aliphatic carbocycles. The van der Waals surface area contributed by atoms with Crippen molar-refractivity contribution >= 4 is 0 Å². The van der Waals surface area contributed by atoms with Gasteiger partial charge in [0.2, 0.25) is 0 Å². The Morgan fingerprint density at radius 1 is 1.36 bits per heavy atom. The minimum atomic E-state index is 0.315. The smallest absolute Gasteiger partial charge is 0.119 e. The van der Waals surface area contributed by atoms with Gasteiger partial charge < -0.3 is 15.2 Å². The van der Waals surface area contributed by atoms with Gasteiger partial charge in [0.25, 0.3) is 0 Å². The maximum Gasteiger partial charge on any atom is 0.119 e. The second-order valence-corrected chi connectivity index (χ2v) is 6.74. The topological polar surface area (TPSA) is 44.7 Å². The van der Waals surface area contributed by atoms with Crippen LogP contribution < -0.4 is 10.1 Å². The van der Waals surface area contributed by atoms with Gasteiger partial charge in [0, 0.05) is 32.2 Å². The van der Waals surface area contributed by atoms with Crippen molar-refractivity contribution in [1.82, 2.24) is 10.2 Å². The molecule has 0 saturated carbocycles. The summed E-state index contributed by atoms with van der Waals surface area (Å²) in [5, 5.41) is 13.3. The summed E-state index contributed by atoms with van der Waals surface area (Å²) < 4.78 is 5.60. The maximum atomic E-state index is 9.81. The molecule has 2 fully saturated rings. The molecule has 0 aromatic heterocycles. The summed E-state index contributed by atoms with van der Waals surface area (Å²) in [4.78, 5) is 2.51. The highest BCUT2D eigenvalue weighted by atomic mass is 16.5. The molecule has 4 nitrogen and oxygen atoms in total. The van der Waals surface area contributed by atoms with Gasteiger partial charge in [-0.05, 0) is 56.0 Å².